The van der Waals surface area contributed by atoms with Crippen molar-refractivity contribution in [3.8, 4) is 11.5 Å². The summed E-state index contributed by atoms with van der Waals surface area (Å²) in [6.07, 6.45) is -4.57. The minimum absolute atomic E-state index is 0.0682. The summed E-state index contributed by atoms with van der Waals surface area (Å²) in [5.74, 6) is -0.925. The Morgan fingerprint density at radius 2 is 1.50 bits per heavy atom. The molecule has 0 spiro atoms. The molecule has 0 fully saturated rings. The van der Waals surface area contributed by atoms with E-state index >= 15 is 0 Å². The maximum Gasteiger partial charge on any atom is 0.416 e. The second-order valence-corrected chi connectivity index (χ2v) is 6.09. The van der Waals surface area contributed by atoms with Crippen molar-refractivity contribution < 1.29 is 27.4 Å². The summed E-state index contributed by atoms with van der Waals surface area (Å²) >= 11 is 0. The lowest BCUT2D eigenvalue weighted by Gasteiger charge is -2.18. The van der Waals surface area contributed by atoms with Crippen LogP contribution in [0.25, 0.3) is 0 Å². The molecule has 0 unspecified atom stereocenters. The van der Waals surface area contributed by atoms with Gasteiger partial charge in [-0.2, -0.15) is 13.2 Å². The molecule has 3 nitrogen and oxygen atoms in total. The lowest BCUT2D eigenvalue weighted by atomic mass is 10.1. The minimum atomic E-state index is -4.57. The van der Waals surface area contributed by atoms with Gasteiger partial charge in [0.05, 0.1) is 11.1 Å². The van der Waals surface area contributed by atoms with Gasteiger partial charge >= 0.3 is 12.1 Å². The van der Waals surface area contributed by atoms with Crippen molar-refractivity contribution in [3.63, 3.8) is 0 Å². The predicted molar refractivity (Wildman–Crippen MR) is 98.4 cm³/mol. The zero-order valence-electron chi connectivity index (χ0n) is 15.0. The number of rotatable bonds is 5. The smallest absolute Gasteiger partial charge is 0.416 e. The van der Waals surface area contributed by atoms with E-state index < -0.39 is 17.7 Å². The fraction of sp³-hybridized carbons (Fsp3) is 0.136. The summed E-state index contributed by atoms with van der Waals surface area (Å²) in [6, 6.07) is 19.3. The van der Waals surface area contributed by atoms with E-state index in [4.69, 9.17) is 9.47 Å². The summed E-state index contributed by atoms with van der Waals surface area (Å²) in [7, 11) is 0. The van der Waals surface area contributed by atoms with Crippen molar-refractivity contribution in [1.82, 2.24) is 0 Å². The van der Waals surface area contributed by atoms with Crippen LogP contribution >= 0.6 is 0 Å². The van der Waals surface area contributed by atoms with Crippen molar-refractivity contribution in [3.05, 3.63) is 95.1 Å². The van der Waals surface area contributed by atoms with E-state index in [1.165, 1.54) is 25.1 Å². The van der Waals surface area contributed by atoms with Gasteiger partial charge in [-0.25, -0.2) is 4.79 Å². The number of carbonyl (C=O) groups excluding carboxylic acids is 1. The summed E-state index contributed by atoms with van der Waals surface area (Å²) in [4.78, 5) is 12.4. The Bertz CT molecular complexity index is 952. The van der Waals surface area contributed by atoms with Crippen LogP contribution in [0.2, 0.25) is 0 Å². The number of hydrogen-bond donors (Lipinski definition) is 0. The molecule has 0 heterocycles. The molecule has 0 N–H and O–H groups in total. The first kappa shape index (κ1) is 19.5. The normalized spacial score (nSPS) is 11.1. The Morgan fingerprint density at radius 3 is 2.11 bits per heavy atom. The Balaban J connectivity index is 1.94. The molecule has 0 radical (unpaired) electrons. The van der Waals surface area contributed by atoms with Crippen molar-refractivity contribution in [2.24, 2.45) is 0 Å². The van der Waals surface area contributed by atoms with Gasteiger partial charge in [0.25, 0.3) is 0 Å². The average molecular weight is 386 g/mol. The zero-order chi connectivity index (χ0) is 20.1. The number of halogens is 3. The number of ether oxygens (including phenoxy) is 2. The Kier molecular flexibility index (Phi) is 5.68. The van der Waals surface area contributed by atoms with Crippen LogP contribution in [0.5, 0.6) is 11.5 Å². The van der Waals surface area contributed by atoms with E-state index in [1.54, 1.807) is 18.2 Å². The summed E-state index contributed by atoms with van der Waals surface area (Å²) in [5, 5.41) is 0. The van der Waals surface area contributed by atoms with Crippen LogP contribution in [0.4, 0.5) is 13.2 Å². The molecular weight excluding hydrogens is 369 g/mol. The summed E-state index contributed by atoms with van der Waals surface area (Å²) in [5.41, 5.74) is -0.0218. The maximum absolute atomic E-state index is 13.3. The molecule has 6 heteroatoms. The van der Waals surface area contributed by atoms with E-state index in [0.717, 1.165) is 11.6 Å². The molecule has 0 saturated heterocycles. The number of benzene rings is 3. The zero-order valence-corrected chi connectivity index (χ0v) is 15.0. The van der Waals surface area contributed by atoms with Gasteiger partial charge in [-0.15, -0.1) is 0 Å². The topological polar surface area (TPSA) is 35.5 Å². The SMILES string of the molecule is Cc1c(C(F)(F)F)ccc(OCc2ccccc2)c1OC(=O)c1ccccc1. The standard InChI is InChI=1S/C22H17F3O3/c1-15-18(22(23,24)25)12-13-19(27-14-16-8-4-2-5-9-16)20(15)28-21(26)17-10-6-3-7-11-17/h2-13H,14H2,1H3. The largest absolute Gasteiger partial charge is 0.485 e. The molecule has 0 bridgehead atoms. The maximum atomic E-state index is 13.3. The highest BCUT2D eigenvalue weighted by molar-refractivity contribution is 5.91. The number of hydrogen-bond acceptors (Lipinski definition) is 3. The van der Waals surface area contributed by atoms with Crippen LogP contribution in [0.1, 0.15) is 27.0 Å². The molecule has 3 aromatic rings. The van der Waals surface area contributed by atoms with Gasteiger partial charge < -0.3 is 9.47 Å². The van der Waals surface area contributed by atoms with Crippen molar-refractivity contribution in [2.75, 3.05) is 0 Å². The molecule has 0 aliphatic carbocycles. The number of alkyl halides is 3. The Hall–Kier alpha value is -3.28. The summed E-state index contributed by atoms with van der Waals surface area (Å²) < 4.78 is 50.9. The van der Waals surface area contributed by atoms with Crippen LogP contribution in [0, 0.1) is 6.92 Å². The van der Waals surface area contributed by atoms with Gasteiger partial charge in [0.15, 0.2) is 11.5 Å². The fourth-order valence-corrected chi connectivity index (χ4v) is 2.68. The third-order valence-corrected chi connectivity index (χ3v) is 4.12. The second-order valence-electron chi connectivity index (χ2n) is 6.09. The molecule has 0 aliphatic rings. The van der Waals surface area contributed by atoms with Gasteiger partial charge in [-0.1, -0.05) is 48.5 Å². The highest BCUT2D eigenvalue weighted by Gasteiger charge is 2.35. The van der Waals surface area contributed by atoms with Crippen LogP contribution in [-0.2, 0) is 12.8 Å². The molecule has 3 rings (SSSR count). The molecule has 28 heavy (non-hydrogen) atoms. The van der Waals surface area contributed by atoms with E-state index in [9.17, 15) is 18.0 Å². The highest BCUT2D eigenvalue weighted by atomic mass is 19.4. The van der Waals surface area contributed by atoms with Crippen LogP contribution in [0.15, 0.2) is 72.8 Å². The van der Waals surface area contributed by atoms with Gasteiger partial charge in [0, 0.05) is 5.56 Å². The minimum Gasteiger partial charge on any atom is -0.485 e. The van der Waals surface area contributed by atoms with Crippen molar-refractivity contribution in [1.29, 1.82) is 0 Å². The van der Waals surface area contributed by atoms with Crippen molar-refractivity contribution >= 4 is 5.97 Å². The van der Waals surface area contributed by atoms with E-state index in [-0.39, 0.29) is 29.2 Å². The predicted octanol–water partition coefficient (Wildman–Crippen LogP) is 5.81. The molecule has 3 aromatic carbocycles. The Morgan fingerprint density at radius 1 is 0.893 bits per heavy atom. The molecule has 0 amide bonds. The molecule has 0 atom stereocenters. The third kappa shape index (κ3) is 4.52. The first-order valence-electron chi connectivity index (χ1n) is 8.51. The molecule has 0 aromatic heterocycles. The van der Waals surface area contributed by atoms with Crippen LogP contribution in [0.3, 0.4) is 0 Å². The van der Waals surface area contributed by atoms with E-state index in [2.05, 4.69) is 0 Å². The lowest BCUT2D eigenvalue weighted by Crippen LogP contribution is -2.14. The first-order chi connectivity index (χ1) is 13.4. The van der Waals surface area contributed by atoms with Gasteiger partial charge in [0.2, 0.25) is 0 Å². The molecule has 0 saturated carbocycles. The summed E-state index contributed by atoms with van der Waals surface area (Å²) in [6.45, 7) is 1.38. The van der Waals surface area contributed by atoms with Gasteiger partial charge in [-0.05, 0) is 36.8 Å². The van der Waals surface area contributed by atoms with Crippen LogP contribution < -0.4 is 9.47 Å². The number of carbonyl (C=O) groups is 1. The first-order valence-corrected chi connectivity index (χ1v) is 8.51. The highest BCUT2D eigenvalue weighted by Crippen LogP contribution is 2.41. The van der Waals surface area contributed by atoms with E-state index in [1.807, 2.05) is 30.3 Å². The molecule has 144 valence electrons. The van der Waals surface area contributed by atoms with E-state index in [0.29, 0.717) is 0 Å². The molecule has 0 aliphatic heterocycles. The van der Waals surface area contributed by atoms with Crippen LogP contribution in [-0.4, -0.2) is 5.97 Å². The third-order valence-electron chi connectivity index (χ3n) is 4.12. The van der Waals surface area contributed by atoms with Gasteiger partial charge in [0.1, 0.15) is 6.61 Å². The number of esters is 1. The average Bonchev–Trinajstić information content (AvgIpc) is 2.69. The van der Waals surface area contributed by atoms with Gasteiger partial charge in [-0.3, -0.25) is 0 Å². The fourth-order valence-electron chi connectivity index (χ4n) is 2.68. The second kappa shape index (κ2) is 8.17. The molecular formula is C22H17F3O3. The van der Waals surface area contributed by atoms with Crippen molar-refractivity contribution in [2.45, 2.75) is 19.7 Å². The lowest BCUT2D eigenvalue weighted by molar-refractivity contribution is -0.138. The quantitative estimate of drug-likeness (QED) is 0.410. The monoisotopic (exact) mass is 386 g/mol. The Labute approximate surface area is 160 Å².